The van der Waals surface area contributed by atoms with Gasteiger partial charge in [0.2, 0.25) is 0 Å². The molecule has 2 aromatic rings. The minimum atomic E-state index is -0.766. The summed E-state index contributed by atoms with van der Waals surface area (Å²) in [5.41, 5.74) is 0.0147. The Balaban J connectivity index is 2.36. The van der Waals surface area contributed by atoms with E-state index in [4.69, 9.17) is 21.6 Å². The summed E-state index contributed by atoms with van der Waals surface area (Å²) in [6, 6.07) is 13.2. The largest absolute Gasteiger partial charge is 0.462 e. The van der Waals surface area contributed by atoms with Crippen LogP contribution in [0.5, 0.6) is 0 Å². The molecule has 8 heteroatoms. The van der Waals surface area contributed by atoms with Gasteiger partial charge < -0.3 is 4.74 Å². The number of ether oxygens (including phenoxy) is 1. The van der Waals surface area contributed by atoms with E-state index in [1.807, 2.05) is 0 Å². The Hall–Kier alpha value is -2.82. The molecule has 6 nitrogen and oxygen atoms in total. The average Bonchev–Trinajstić information content (AvgIpc) is 2.62. The standard InChI is InChI=1S/C18H13ClN2O4S/c1-2-25-18(22)13(11-20)9-12-3-8-17(16(10-12)21(23)24)26-15-6-4-14(19)5-7-15/h3-10H,2H2,1H3. The lowest BCUT2D eigenvalue weighted by atomic mass is 10.1. The second-order valence-electron chi connectivity index (χ2n) is 4.93. The third-order valence-electron chi connectivity index (χ3n) is 3.15. The molecule has 0 saturated heterocycles. The van der Waals surface area contributed by atoms with E-state index in [9.17, 15) is 14.9 Å². The van der Waals surface area contributed by atoms with E-state index in [1.165, 1.54) is 23.9 Å². The van der Waals surface area contributed by atoms with Crippen LogP contribution in [0.2, 0.25) is 5.02 Å². The van der Waals surface area contributed by atoms with Crippen molar-refractivity contribution in [3.05, 3.63) is 68.7 Å². The van der Waals surface area contributed by atoms with Crippen LogP contribution in [0, 0.1) is 21.4 Å². The summed E-state index contributed by atoms with van der Waals surface area (Å²) < 4.78 is 4.78. The van der Waals surface area contributed by atoms with E-state index < -0.39 is 10.9 Å². The number of esters is 1. The molecule has 0 unspecified atom stereocenters. The number of nitrogens with zero attached hydrogens (tertiary/aromatic N) is 2. The van der Waals surface area contributed by atoms with Gasteiger partial charge in [-0.25, -0.2) is 4.79 Å². The molecule has 0 N–H and O–H groups in total. The van der Waals surface area contributed by atoms with Crippen LogP contribution < -0.4 is 0 Å². The van der Waals surface area contributed by atoms with Gasteiger partial charge in [-0.15, -0.1) is 0 Å². The molecule has 0 heterocycles. The summed E-state index contributed by atoms with van der Waals surface area (Å²) in [5, 5.41) is 21.0. The van der Waals surface area contributed by atoms with Crippen LogP contribution in [0.15, 0.2) is 57.8 Å². The molecule has 0 bridgehead atoms. The summed E-state index contributed by atoms with van der Waals surface area (Å²) in [6.45, 7) is 1.76. The van der Waals surface area contributed by atoms with Crippen molar-refractivity contribution in [2.75, 3.05) is 6.61 Å². The van der Waals surface area contributed by atoms with Crippen LogP contribution in [0.4, 0.5) is 5.69 Å². The van der Waals surface area contributed by atoms with Gasteiger partial charge in [-0.2, -0.15) is 5.26 Å². The van der Waals surface area contributed by atoms with E-state index in [2.05, 4.69) is 0 Å². The number of carbonyl (C=O) groups excluding carboxylic acids is 1. The number of hydrogen-bond donors (Lipinski definition) is 0. The van der Waals surface area contributed by atoms with Crippen molar-refractivity contribution in [2.24, 2.45) is 0 Å². The second kappa shape index (κ2) is 9.04. The Morgan fingerprint density at radius 2 is 2.04 bits per heavy atom. The zero-order valence-electron chi connectivity index (χ0n) is 13.6. The van der Waals surface area contributed by atoms with Gasteiger partial charge in [-0.3, -0.25) is 10.1 Å². The highest BCUT2D eigenvalue weighted by atomic mass is 35.5. The summed E-state index contributed by atoms with van der Waals surface area (Å²) in [6.07, 6.45) is 1.27. The van der Waals surface area contributed by atoms with Crippen molar-refractivity contribution < 1.29 is 14.5 Å². The molecular formula is C18H13ClN2O4S. The highest BCUT2D eigenvalue weighted by molar-refractivity contribution is 7.99. The van der Waals surface area contributed by atoms with Crippen molar-refractivity contribution in [2.45, 2.75) is 16.7 Å². The van der Waals surface area contributed by atoms with Crippen LogP contribution >= 0.6 is 23.4 Å². The van der Waals surface area contributed by atoms with Gasteiger partial charge in [0.1, 0.15) is 11.6 Å². The molecule has 0 atom stereocenters. The lowest BCUT2D eigenvalue weighted by Gasteiger charge is -2.05. The minimum absolute atomic E-state index is 0.125. The lowest BCUT2D eigenvalue weighted by molar-refractivity contribution is -0.387. The number of carbonyl (C=O) groups is 1. The fourth-order valence-corrected chi connectivity index (χ4v) is 3.02. The molecular weight excluding hydrogens is 376 g/mol. The van der Waals surface area contributed by atoms with Gasteiger partial charge in [0.25, 0.3) is 5.69 Å². The number of hydrogen-bond acceptors (Lipinski definition) is 6. The van der Waals surface area contributed by atoms with Crippen molar-refractivity contribution in [1.82, 2.24) is 0 Å². The van der Waals surface area contributed by atoms with Gasteiger partial charge in [0.05, 0.1) is 16.4 Å². The maximum atomic E-state index is 11.7. The van der Waals surface area contributed by atoms with E-state index in [1.54, 1.807) is 49.4 Å². The highest BCUT2D eigenvalue weighted by Gasteiger charge is 2.17. The molecule has 0 aromatic heterocycles. The Morgan fingerprint density at radius 1 is 1.35 bits per heavy atom. The third-order valence-corrected chi connectivity index (χ3v) is 4.47. The van der Waals surface area contributed by atoms with E-state index in [-0.39, 0.29) is 17.9 Å². The fraction of sp³-hybridized carbons (Fsp3) is 0.111. The monoisotopic (exact) mass is 388 g/mol. The number of nitriles is 1. The second-order valence-corrected chi connectivity index (χ2v) is 6.48. The molecule has 0 saturated carbocycles. The first kappa shape index (κ1) is 19.5. The Bertz CT molecular complexity index is 904. The van der Waals surface area contributed by atoms with E-state index in [0.29, 0.717) is 15.5 Å². The molecule has 2 aromatic carbocycles. The maximum absolute atomic E-state index is 11.7. The third kappa shape index (κ3) is 5.09. The fourth-order valence-electron chi connectivity index (χ4n) is 2.00. The Morgan fingerprint density at radius 3 is 2.62 bits per heavy atom. The van der Waals surface area contributed by atoms with E-state index >= 15 is 0 Å². The number of benzene rings is 2. The van der Waals surface area contributed by atoms with Crippen molar-refractivity contribution in [1.29, 1.82) is 5.26 Å². The first-order valence-electron chi connectivity index (χ1n) is 7.45. The van der Waals surface area contributed by atoms with Crippen molar-refractivity contribution >= 4 is 41.1 Å². The van der Waals surface area contributed by atoms with Gasteiger partial charge in [-0.05, 0) is 48.9 Å². The maximum Gasteiger partial charge on any atom is 0.348 e. The normalized spacial score (nSPS) is 10.9. The topological polar surface area (TPSA) is 93.2 Å². The summed E-state index contributed by atoms with van der Waals surface area (Å²) in [7, 11) is 0. The quantitative estimate of drug-likeness (QED) is 0.230. The number of nitro groups is 1. The smallest absolute Gasteiger partial charge is 0.348 e. The molecule has 0 amide bonds. The zero-order valence-corrected chi connectivity index (χ0v) is 15.2. The zero-order chi connectivity index (χ0) is 19.1. The van der Waals surface area contributed by atoms with Crippen LogP contribution in [0.25, 0.3) is 6.08 Å². The van der Waals surface area contributed by atoms with E-state index in [0.717, 1.165) is 4.90 Å². The minimum Gasteiger partial charge on any atom is -0.462 e. The summed E-state index contributed by atoms with van der Waals surface area (Å²) in [5.74, 6) is -0.766. The van der Waals surface area contributed by atoms with Crippen LogP contribution in [0.3, 0.4) is 0 Å². The molecule has 0 spiro atoms. The molecule has 26 heavy (non-hydrogen) atoms. The predicted molar refractivity (Wildman–Crippen MR) is 98.9 cm³/mol. The first-order chi connectivity index (χ1) is 12.4. The van der Waals surface area contributed by atoms with Crippen LogP contribution in [-0.4, -0.2) is 17.5 Å². The van der Waals surface area contributed by atoms with Crippen LogP contribution in [-0.2, 0) is 9.53 Å². The highest BCUT2D eigenvalue weighted by Crippen LogP contribution is 2.36. The van der Waals surface area contributed by atoms with Crippen LogP contribution in [0.1, 0.15) is 12.5 Å². The average molecular weight is 389 g/mol. The molecule has 0 radical (unpaired) electrons. The first-order valence-corrected chi connectivity index (χ1v) is 8.64. The molecule has 2 rings (SSSR count). The Kier molecular flexibility index (Phi) is 6.78. The predicted octanol–water partition coefficient (Wildman–Crippen LogP) is 4.87. The van der Waals surface area contributed by atoms with Crippen molar-refractivity contribution in [3.8, 4) is 6.07 Å². The molecule has 0 aliphatic rings. The van der Waals surface area contributed by atoms with Gasteiger partial charge in [0.15, 0.2) is 0 Å². The summed E-state index contributed by atoms with van der Waals surface area (Å²) >= 11 is 7.06. The van der Waals surface area contributed by atoms with Gasteiger partial charge in [-0.1, -0.05) is 29.4 Å². The van der Waals surface area contributed by atoms with Gasteiger partial charge in [0, 0.05) is 16.0 Å². The van der Waals surface area contributed by atoms with Gasteiger partial charge >= 0.3 is 5.97 Å². The molecule has 0 fully saturated rings. The lowest BCUT2D eigenvalue weighted by Crippen LogP contribution is -2.06. The van der Waals surface area contributed by atoms with Crippen molar-refractivity contribution in [3.63, 3.8) is 0 Å². The molecule has 132 valence electrons. The number of halogens is 1. The Labute approximate surface area is 159 Å². The molecule has 0 aliphatic heterocycles. The SMILES string of the molecule is CCOC(=O)C(C#N)=Cc1ccc(Sc2ccc(Cl)cc2)c([N+](=O)[O-])c1. The summed E-state index contributed by atoms with van der Waals surface area (Å²) in [4.78, 5) is 23.8. The number of nitro benzene ring substituents is 1. The number of rotatable bonds is 6. The molecule has 0 aliphatic carbocycles.